The minimum atomic E-state index is 1.14. The molecule has 1 aromatic carbocycles. The van der Waals surface area contributed by atoms with Crippen molar-refractivity contribution >= 4 is 10.9 Å². The molecule has 2 heteroatoms. The molecule has 12 heavy (non-hydrogen) atoms. The van der Waals surface area contributed by atoms with Gasteiger partial charge in [0.2, 0.25) is 0 Å². The third-order valence-electron chi connectivity index (χ3n) is 1.69. The number of aromatic amines is 1. The highest BCUT2D eigenvalue weighted by Crippen LogP contribution is 2.13. The summed E-state index contributed by atoms with van der Waals surface area (Å²) >= 11 is 0. The van der Waals surface area contributed by atoms with Crippen LogP contribution in [0.15, 0.2) is 24.4 Å². The number of hydrogen-bond acceptors (Lipinski definition) is 1. The van der Waals surface area contributed by atoms with E-state index in [0.717, 1.165) is 5.52 Å². The summed E-state index contributed by atoms with van der Waals surface area (Å²) in [7, 11) is 0. The molecule has 0 aliphatic heterocycles. The Bertz CT molecular complexity index is 349. The maximum absolute atomic E-state index is 3.94. The van der Waals surface area contributed by atoms with Crippen molar-refractivity contribution in [3.05, 3.63) is 30.0 Å². The first-order valence-electron chi connectivity index (χ1n) is 4.26. The van der Waals surface area contributed by atoms with Crippen molar-refractivity contribution in [2.75, 3.05) is 0 Å². The van der Waals surface area contributed by atoms with Gasteiger partial charge in [0, 0.05) is 5.39 Å². The summed E-state index contributed by atoms with van der Waals surface area (Å²) in [6.45, 7) is 6.07. The molecule has 1 N–H and O–H groups in total. The summed E-state index contributed by atoms with van der Waals surface area (Å²) in [5.74, 6) is 0. The van der Waals surface area contributed by atoms with Crippen LogP contribution in [0.4, 0.5) is 0 Å². The first kappa shape index (κ1) is 8.78. The van der Waals surface area contributed by atoms with Crippen molar-refractivity contribution in [1.82, 2.24) is 10.2 Å². The molecule has 0 atom stereocenters. The van der Waals surface area contributed by atoms with Gasteiger partial charge in [0.15, 0.2) is 0 Å². The van der Waals surface area contributed by atoms with E-state index in [-0.39, 0.29) is 0 Å². The van der Waals surface area contributed by atoms with Gasteiger partial charge in [-0.3, -0.25) is 5.10 Å². The molecule has 1 heterocycles. The van der Waals surface area contributed by atoms with Crippen LogP contribution in [0.3, 0.4) is 0 Å². The lowest BCUT2D eigenvalue weighted by Gasteiger charge is -1.90. The Kier molecular flexibility index (Phi) is 2.86. The van der Waals surface area contributed by atoms with Crippen LogP contribution in [0.5, 0.6) is 0 Å². The molecule has 2 rings (SSSR count). The van der Waals surface area contributed by atoms with Crippen molar-refractivity contribution in [2.24, 2.45) is 0 Å². The molecule has 0 spiro atoms. The molecular formula is C10H14N2. The average molecular weight is 162 g/mol. The second-order valence-electron chi connectivity index (χ2n) is 2.41. The van der Waals surface area contributed by atoms with Crippen LogP contribution in [-0.4, -0.2) is 10.2 Å². The Labute approximate surface area is 72.6 Å². The van der Waals surface area contributed by atoms with Crippen LogP contribution >= 0.6 is 0 Å². The normalized spacial score (nSPS) is 9.25. The molecule has 0 aliphatic carbocycles. The standard InChI is InChI=1S/C8H8N2.C2H6/c1-6-3-2-4-7-5-9-10-8(6)7;1-2/h2-5H,1H3,(H,9,10);1-2H3. The summed E-state index contributed by atoms with van der Waals surface area (Å²) in [5.41, 5.74) is 2.39. The zero-order valence-corrected chi connectivity index (χ0v) is 7.76. The zero-order valence-electron chi connectivity index (χ0n) is 7.76. The second-order valence-corrected chi connectivity index (χ2v) is 2.41. The molecule has 0 aliphatic rings. The Morgan fingerprint density at radius 1 is 1.25 bits per heavy atom. The van der Waals surface area contributed by atoms with Crippen LogP contribution in [0.2, 0.25) is 0 Å². The van der Waals surface area contributed by atoms with E-state index >= 15 is 0 Å². The minimum Gasteiger partial charge on any atom is -0.278 e. The Hall–Kier alpha value is -1.31. The highest BCUT2D eigenvalue weighted by molar-refractivity contribution is 5.80. The van der Waals surface area contributed by atoms with Gasteiger partial charge in [-0.15, -0.1) is 0 Å². The van der Waals surface area contributed by atoms with E-state index in [1.165, 1.54) is 10.9 Å². The summed E-state index contributed by atoms with van der Waals surface area (Å²) < 4.78 is 0. The van der Waals surface area contributed by atoms with Crippen molar-refractivity contribution in [3.63, 3.8) is 0 Å². The van der Waals surface area contributed by atoms with Crippen LogP contribution < -0.4 is 0 Å². The molecule has 64 valence electrons. The first-order chi connectivity index (χ1) is 5.88. The zero-order chi connectivity index (χ0) is 8.97. The van der Waals surface area contributed by atoms with Crippen LogP contribution in [0.25, 0.3) is 10.9 Å². The van der Waals surface area contributed by atoms with Gasteiger partial charge in [-0.05, 0) is 12.5 Å². The van der Waals surface area contributed by atoms with Crippen molar-refractivity contribution in [1.29, 1.82) is 0 Å². The van der Waals surface area contributed by atoms with Crippen LogP contribution in [-0.2, 0) is 0 Å². The fourth-order valence-electron chi connectivity index (χ4n) is 1.12. The number of nitrogens with zero attached hydrogens (tertiary/aromatic N) is 1. The number of fused-ring (bicyclic) bond motifs is 1. The Morgan fingerprint density at radius 2 is 2.00 bits per heavy atom. The number of H-pyrrole nitrogens is 1. The SMILES string of the molecule is CC.Cc1cccc2cn[nH]c12. The molecule has 0 amide bonds. The maximum Gasteiger partial charge on any atom is 0.0679 e. The third kappa shape index (κ3) is 1.47. The second kappa shape index (κ2) is 3.90. The van der Waals surface area contributed by atoms with Crippen molar-refractivity contribution in [3.8, 4) is 0 Å². The maximum atomic E-state index is 3.94. The summed E-state index contributed by atoms with van der Waals surface area (Å²) in [6.07, 6.45) is 1.84. The van der Waals surface area contributed by atoms with Gasteiger partial charge in [0.25, 0.3) is 0 Å². The van der Waals surface area contributed by atoms with Crippen molar-refractivity contribution in [2.45, 2.75) is 20.8 Å². The number of aromatic nitrogens is 2. The third-order valence-corrected chi connectivity index (χ3v) is 1.69. The molecule has 2 nitrogen and oxygen atoms in total. The molecule has 0 saturated carbocycles. The molecule has 0 bridgehead atoms. The lowest BCUT2D eigenvalue weighted by molar-refractivity contribution is 1.11. The van der Waals surface area contributed by atoms with E-state index in [0.29, 0.717) is 0 Å². The largest absolute Gasteiger partial charge is 0.278 e. The molecule has 1 aromatic heterocycles. The van der Waals surface area contributed by atoms with Gasteiger partial charge in [0.1, 0.15) is 0 Å². The number of para-hydroxylation sites is 1. The summed E-state index contributed by atoms with van der Waals surface area (Å²) in [4.78, 5) is 0. The predicted octanol–water partition coefficient (Wildman–Crippen LogP) is 2.90. The van der Waals surface area contributed by atoms with E-state index in [1.54, 1.807) is 0 Å². The molecule has 0 unspecified atom stereocenters. The van der Waals surface area contributed by atoms with Gasteiger partial charge in [-0.25, -0.2) is 0 Å². The minimum absolute atomic E-state index is 1.14. The van der Waals surface area contributed by atoms with Gasteiger partial charge in [0.05, 0.1) is 11.7 Å². The van der Waals surface area contributed by atoms with Gasteiger partial charge in [-0.1, -0.05) is 32.0 Å². The van der Waals surface area contributed by atoms with Crippen LogP contribution in [0, 0.1) is 6.92 Å². The fourth-order valence-corrected chi connectivity index (χ4v) is 1.12. The first-order valence-corrected chi connectivity index (χ1v) is 4.26. The highest BCUT2D eigenvalue weighted by Gasteiger charge is 1.94. The molecule has 0 fully saturated rings. The Balaban J connectivity index is 0.000000336. The van der Waals surface area contributed by atoms with E-state index in [9.17, 15) is 0 Å². The number of nitrogens with one attached hydrogen (secondary N) is 1. The van der Waals surface area contributed by atoms with Crippen molar-refractivity contribution < 1.29 is 0 Å². The quantitative estimate of drug-likeness (QED) is 0.634. The lowest BCUT2D eigenvalue weighted by Crippen LogP contribution is -1.73. The summed E-state index contributed by atoms with van der Waals surface area (Å²) in [5, 5.41) is 8.06. The molecule has 2 aromatic rings. The number of aryl methyl sites for hydroxylation is 1. The monoisotopic (exact) mass is 162 g/mol. The Morgan fingerprint density at radius 3 is 2.67 bits per heavy atom. The van der Waals surface area contributed by atoms with Gasteiger partial charge < -0.3 is 0 Å². The number of rotatable bonds is 0. The lowest BCUT2D eigenvalue weighted by atomic mass is 10.2. The van der Waals surface area contributed by atoms with E-state index in [1.807, 2.05) is 32.2 Å². The predicted molar refractivity (Wildman–Crippen MR) is 52.2 cm³/mol. The molecule has 0 saturated heterocycles. The number of hydrogen-bond donors (Lipinski definition) is 1. The molecule has 0 radical (unpaired) electrons. The fraction of sp³-hybridized carbons (Fsp3) is 0.300. The molecular weight excluding hydrogens is 148 g/mol. The summed E-state index contributed by atoms with van der Waals surface area (Å²) in [6, 6.07) is 6.15. The van der Waals surface area contributed by atoms with E-state index < -0.39 is 0 Å². The number of benzene rings is 1. The van der Waals surface area contributed by atoms with Crippen LogP contribution in [0.1, 0.15) is 19.4 Å². The van der Waals surface area contributed by atoms with Gasteiger partial charge >= 0.3 is 0 Å². The van der Waals surface area contributed by atoms with E-state index in [4.69, 9.17) is 0 Å². The van der Waals surface area contributed by atoms with E-state index in [2.05, 4.69) is 23.2 Å². The average Bonchev–Trinajstić information content (AvgIpc) is 2.57. The van der Waals surface area contributed by atoms with Gasteiger partial charge in [-0.2, -0.15) is 5.10 Å². The smallest absolute Gasteiger partial charge is 0.0679 e. The topological polar surface area (TPSA) is 28.7 Å². The highest BCUT2D eigenvalue weighted by atomic mass is 15.1.